The Morgan fingerprint density at radius 1 is 1.25 bits per heavy atom. The minimum Gasteiger partial charge on any atom is -0.378 e. The monoisotopic (exact) mass is 275 g/mol. The molecule has 0 saturated carbocycles. The van der Waals surface area contributed by atoms with Crippen LogP contribution in [0.4, 0.5) is 0 Å². The predicted molar refractivity (Wildman–Crippen MR) is 85.1 cm³/mol. The van der Waals surface area contributed by atoms with E-state index in [1.165, 1.54) is 43.2 Å². The van der Waals surface area contributed by atoms with Gasteiger partial charge in [0.05, 0.1) is 6.10 Å². The second kappa shape index (κ2) is 8.43. The lowest BCUT2D eigenvalue weighted by atomic mass is 10.0. The third kappa shape index (κ3) is 4.92. The van der Waals surface area contributed by atoms with Gasteiger partial charge in [0.15, 0.2) is 0 Å². The molecule has 0 radical (unpaired) electrons. The average molecular weight is 275 g/mol. The van der Waals surface area contributed by atoms with Crippen LogP contribution in [0.25, 0.3) is 0 Å². The third-order valence-corrected chi connectivity index (χ3v) is 4.21. The highest BCUT2D eigenvalue weighted by Gasteiger charge is 2.13. The van der Waals surface area contributed by atoms with E-state index in [4.69, 9.17) is 4.74 Å². The van der Waals surface area contributed by atoms with Crippen LogP contribution in [-0.4, -0.2) is 19.3 Å². The Bertz CT molecular complexity index is 368. The van der Waals surface area contributed by atoms with Gasteiger partial charge in [-0.1, -0.05) is 37.6 Å². The van der Waals surface area contributed by atoms with E-state index in [0.717, 1.165) is 19.6 Å². The molecule has 1 fully saturated rings. The fourth-order valence-corrected chi connectivity index (χ4v) is 2.88. The molecule has 1 heterocycles. The van der Waals surface area contributed by atoms with Crippen molar-refractivity contribution in [3.05, 3.63) is 35.4 Å². The van der Waals surface area contributed by atoms with Gasteiger partial charge in [-0.2, -0.15) is 0 Å². The molecule has 0 spiro atoms. The number of hydrogen-bond acceptors (Lipinski definition) is 2. The molecule has 1 aliphatic heterocycles. The van der Waals surface area contributed by atoms with E-state index >= 15 is 0 Å². The minimum atomic E-state index is 0.425. The van der Waals surface area contributed by atoms with E-state index < -0.39 is 0 Å². The lowest BCUT2D eigenvalue weighted by molar-refractivity contribution is 0.0112. The summed E-state index contributed by atoms with van der Waals surface area (Å²) >= 11 is 0. The van der Waals surface area contributed by atoms with Crippen molar-refractivity contribution in [2.45, 2.75) is 64.5 Å². The first-order chi connectivity index (χ1) is 9.79. The molecule has 2 nitrogen and oxygen atoms in total. The molecule has 1 N–H and O–H groups in total. The fourth-order valence-electron chi connectivity index (χ4n) is 2.88. The van der Waals surface area contributed by atoms with Crippen molar-refractivity contribution in [2.24, 2.45) is 0 Å². The molecule has 0 aromatic heterocycles. The molecule has 0 bridgehead atoms. The molecule has 2 rings (SSSR count). The zero-order chi connectivity index (χ0) is 14.2. The SMILES string of the molecule is CCCc1ccc(C(C)NCCC2CCCCO2)cc1. The summed E-state index contributed by atoms with van der Waals surface area (Å²) in [5.74, 6) is 0. The molecule has 1 aromatic carbocycles. The molecule has 1 aromatic rings. The van der Waals surface area contributed by atoms with Gasteiger partial charge >= 0.3 is 0 Å². The van der Waals surface area contributed by atoms with Crippen LogP contribution >= 0.6 is 0 Å². The Morgan fingerprint density at radius 3 is 2.70 bits per heavy atom. The second-order valence-corrected chi connectivity index (χ2v) is 5.94. The Morgan fingerprint density at radius 2 is 2.05 bits per heavy atom. The zero-order valence-electron chi connectivity index (χ0n) is 13.0. The van der Waals surface area contributed by atoms with E-state index in [2.05, 4.69) is 43.4 Å². The van der Waals surface area contributed by atoms with Gasteiger partial charge < -0.3 is 10.1 Å². The first kappa shape index (κ1) is 15.5. The topological polar surface area (TPSA) is 21.3 Å². The molecular weight excluding hydrogens is 246 g/mol. The quantitative estimate of drug-likeness (QED) is 0.803. The van der Waals surface area contributed by atoms with Gasteiger partial charge in [0, 0.05) is 12.6 Å². The van der Waals surface area contributed by atoms with E-state index in [9.17, 15) is 0 Å². The fraction of sp³-hybridized carbons (Fsp3) is 0.667. The summed E-state index contributed by atoms with van der Waals surface area (Å²) in [6.45, 7) is 6.48. The number of nitrogens with one attached hydrogen (secondary N) is 1. The van der Waals surface area contributed by atoms with Crippen molar-refractivity contribution >= 4 is 0 Å². The van der Waals surface area contributed by atoms with E-state index in [1.807, 2.05) is 0 Å². The van der Waals surface area contributed by atoms with E-state index in [0.29, 0.717) is 12.1 Å². The lowest BCUT2D eigenvalue weighted by Crippen LogP contribution is -2.27. The number of ether oxygens (including phenoxy) is 1. The van der Waals surface area contributed by atoms with Crippen LogP contribution < -0.4 is 5.32 Å². The van der Waals surface area contributed by atoms with Crippen molar-refractivity contribution < 1.29 is 4.74 Å². The van der Waals surface area contributed by atoms with Crippen LogP contribution in [0.3, 0.4) is 0 Å². The standard InChI is InChI=1S/C18H29NO/c1-3-6-16-8-10-17(11-9-16)15(2)19-13-12-18-7-4-5-14-20-18/h8-11,15,18-19H,3-7,12-14H2,1-2H3. The Balaban J connectivity index is 1.71. The van der Waals surface area contributed by atoms with Crippen LogP contribution in [0, 0.1) is 0 Å². The van der Waals surface area contributed by atoms with Crippen LogP contribution in [0.1, 0.15) is 63.1 Å². The van der Waals surface area contributed by atoms with Gasteiger partial charge in [-0.15, -0.1) is 0 Å². The molecular formula is C18H29NO. The molecule has 2 atom stereocenters. The van der Waals surface area contributed by atoms with Crippen molar-refractivity contribution in [3.63, 3.8) is 0 Å². The summed E-state index contributed by atoms with van der Waals surface area (Å²) in [5.41, 5.74) is 2.83. The maximum Gasteiger partial charge on any atom is 0.0587 e. The molecule has 2 unspecified atom stereocenters. The maximum atomic E-state index is 5.77. The molecule has 20 heavy (non-hydrogen) atoms. The van der Waals surface area contributed by atoms with E-state index in [1.54, 1.807) is 0 Å². The average Bonchev–Trinajstić information content (AvgIpc) is 2.49. The van der Waals surface area contributed by atoms with E-state index in [-0.39, 0.29) is 0 Å². The number of benzene rings is 1. The zero-order valence-corrected chi connectivity index (χ0v) is 13.0. The summed E-state index contributed by atoms with van der Waals surface area (Å²) in [5, 5.41) is 3.62. The predicted octanol–water partition coefficient (Wildman–Crippen LogP) is 4.25. The van der Waals surface area contributed by atoms with Crippen molar-refractivity contribution in [2.75, 3.05) is 13.2 Å². The number of aryl methyl sites for hydroxylation is 1. The van der Waals surface area contributed by atoms with Gasteiger partial charge in [0.2, 0.25) is 0 Å². The maximum absolute atomic E-state index is 5.77. The van der Waals surface area contributed by atoms with Crippen molar-refractivity contribution in [1.82, 2.24) is 5.32 Å². The van der Waals surface area contributed by atoms with Crippen LogP contribution in [0.2, 0.25) is 0 Å². The van der Waals surface area contributed by atoms with Crippen LogP contribution in [-0.2, 0) is 11.2 Å². The normalized spacial score (nSPS) is 20.8. The Labute approximate surface area is 123 Å². The van der Waals surface area contributed by atoms with Gasteiger partial charge in [0.1, 0.15) is 0 Å². The third-order valence-electron chi connectivity index (χ3n) is 4.21. The second-order valence-electron chi connectivity index (χ2n) is 5.94. The molecule has 1 aliphatic rings. The molecule has 0 aliphatic carbocycles. The number of rotatable bonds is 7. The summed E-state index contributed by atoms with van der Waals surface area (Å²) in [7, 11) is 0. The first-order valence-corrected chi connectivity index (χ1v) is 8.23. The van der Waals surface area contributed by atoms with Gasteiger partial charge in [-0.25, -0.2) is 0 Å². The van der Waals surface area contributed by atoms with Gasteiger partial charge in [0.25, 0.3) is 0 Å². The Hall–Kier alpha value is -0.860. The number of hydrogen-bond donors (Lipinski definition) is 1. The minimum absolute atomic E-state index is 0.425. The van der Waals surface area contributed by atoms with Crippen molar-refractivity contribution in [3.8, 4) is 0 Å². The molecule has 112 valence electrons. The molecule has 2 heteroatoms. The molecule has 0 amide bonds. The van der Waals surface area contributed by atoms with Gasteiger partial charge in [-0.05, 0) is 56.7 Å². The summed E-state index contributed by atoms with van der Waals surface area (Å²) < 4.78 is 5.77. The Kier molecular flexibility index (Phi) is 6.55. The largest absolute Gasteiger partial charge is 0.378 e. The highest BCUT2D eigenvalue weighted by molar-refractivity contribution is 5.24. The highest BCUT2D eigenvalue weighted by atomic mass is 16.5. The van der Waals surface area contributed by atoms with Gasteiger partial charge in [-0.3, -0.25) is 0 Å². The summed E-state index contributed by atoms with van der Waals surface area (Å²) in [6.07, 6.45) is 7.83. The van der Waals surface area contributed by atoms with Crippen LogP contribution in [0.15, 0.2) is 24.3 Å². The lowest BCUT2D eigenvalue weighted by Gasteiger charge is -2.23. The summed E-state index contributed by atoms with van der Waals surface area (Å²) in [4.78, 5) is 0. The van der Waals surface area contributed by atoms with Crippen LogP contribution in [0.5, 0.6) is 0 Å². The summed E-state index contributed by atoms with van der Waals surface area (Å²) in [6, 6.07) is 9.48. The first-order valence-electron chi connectivity index (χ1n) is 8.23. The van der Waals surface area contributed by atoms with Crippen molar-refractivity contribution in [1.29, 1.82) is 0 Å². The highest BCUT2D eigenvalue weighted by Crippen LogP contribution is 2.17. The molecule has 1 saturated heterocycles. The smallest absolute Gasteiger partial charge is 0.0587 e.